The fourth-order valence-corrected chi connectivity index (χ4v) is 8.27. The molecule has 5 rings (SSSR count). The molecule has 1 amide bonds. The number of amides is 1. The first-order valence-corrected chi connectivity index (χ1v) is 17.5. The number of nitrogens with zero attached hydrogens (tertiary/aromatic N) is 3. The monoisotopic (exact) mass is 681 g/mol. The summed E-state index contributed by atoms with van der Waals surface area (Å²) in [4.78, 5) is 25.3. The van der Waals surface area contributed by atoms with Crippen LogP contribution in [0.5, 0.6) is 0 Å². The minimum absolute atomic E-state index is 0.0494. The highest BCUT2D eigenvalue weighted by atomic mass is 79.9. The van der Waals surface area contributed by atoms with Gasteiger partial charge in [0.25, 0.3) is 15.9 Å². The summed E-state index contributed by atoms with van der Waals surface area (Å²) in [5.41, 5.74) is 3.67. The van der Waals surface area contributed by atoms with Crippen LogP contribution in [0.4, 0.5) is 11.5 Å². The highest BCUT2D eigenvalue weighted by Gasteiger charge is 2.41. The number of benzene rings is 1. The Bertz CT molecular complexity index is 1690. The lowest BCUT2D eigenvalue weighted by atomic mass is 9.85. The highest BCUT2D eigenvalue weighted by molar-refractivity contribution is 9.10. The van der Waals surface area contributed by atoms with Crippen LogP contribution in [-0.2, 0) is 20.9 Å². The van der Waals surface area contributed by atoms with E-state index in [1.54, 1.807) is 18.2 Å². The lowest BCUT2D eigenvalue weighted by Crippen LogP contribution is -2.40. The van der Waals surface area contributed by atoms with Gasteiger partial charge in [-0.3, -0.25) is 9.78 Å². The van der Waals surface area contributed by atoms with Crippen molar-refractivity contribution in [3.63, 3.8) is 0 Å². The minimum atomic E-state index is -4.27. The summed E-state index contributed by atoms with van der Waals surface area (Å²) in [7, 11) is -4.27. The summed E-state index contributed by atoms with van der Waals surface area (Å²) >= 11 is 3.67. The first kappa shape index (κ1) is 32.4. The van der Waals surface area contributed by atoms with Crippen LogP contribution in [0.1, 0.15) is 108 Å². The zero-order chi connectivity index (χ0) is 32.2. The van der Waals surface area contributed by atoms with Crippen molar-refractivity contribution in [2.45, 2.75) is 102 Å². The average molecular weight is 683 g/mol. The Morgan fingerprint density at radius 3 is 2.41 bits per heavy atom. The van der Waals surface area contributed by atoms with Crippen molar-refractivity contribution in [3.05, 3.63) is 75.5 Å². The molecule has 3 aromatic rings. The predicted molar refractivity (Wildman–Crippen MR) is 180 cm³/mol. The molecule has 2 N–H and O–H groups in total. The number of pyridine rings is 2. The molecule has 2 aromatic heterocycles. The van der Waals surface area contributed by atoms with Gasteiger partial charge in [0.2, 0.25) is 0 Å². The molecule has 10 heteroatoms. The average Bonchev–Trinajstić information content (AvgIpc) is 3.23. The topological polar surface area (TPSA) is 104 Å². The summed E-state index contributed by atoms with van der Waals surface area (Å²) < 4.78 is 30.2. The third kappa shape index (κ3) is 6.66. The second-order valence-corrected chi connectivity index (χ2v) is 17.4. The molecule has 0 radical (unpaired) electrons. The molecule has 1 saturated heterocycles. The number of anilines is 2. The molecule has 4 heterocycles. The maximum atomic E-state index is 13.8. The minimum Gasteiger partial charge on any atom is -0.365 e. The Hall–Kier alpha value is -2.98. The van der Waals surface area contributed by atoms with E-state index in [-0.39, 0.29) is 27.4 Å². The Labute approximate surface area is 270 Å². The van der Waals surface area contributed by atoms with Crippen molar-refractivity contribution in [3.8, 4) is 0 Å². The van der Waals surface area contributed by atoms with Crippen LogP contribution < -0.4 is 14.9 Å². The third-order valence-electron chi connectivity index (χ3n) is 8.80. The molecule has 0 saturated carbocycles. The van der Waals surface area contributed by atoms with Crippen molar-refractivity contribution in [1.82, 2.24) is 14.7 Å². The molecule has 4 bridgehead atoms. The van der Waals surface area contributed by atoms with Crippen molar-refractivity contribution < 1.29 is 13.2 Å². The van der Waals surface area contributed by atoms with Crippen molar-refractivity contribution in [2.24, 2.45) is 5.92 Å². The molecule has 0 aliphatic carbocycles. The molecule has 1 aromatic carbocycles. The van der Waals surface area contributed by atoms with Gasteiger partial charge < -0.3 is 10.2 Å². The quantitative estimate of drug-likeness (QED) is 0.274. The molecule has 2 aliphatic rings. The molecule has 1 unspecified atom stereocenters. The van der Waals surface area contributed by atoms with Gasteiger partial charge in [-0.2, -0.15) is 8.42 Å². The number of rotatable bonds is 1. The van der Waals surface area contributed by atoms with Crippen LogP contribution in [0, 0.1) is 5.92 Å². The van der Waals surface area contributed by atoms with E-state index in [4.69, 9.17) is 4.98 Å². The highest BCUT2D eigenvalue weighted by Crippen LogP contribution is 2.44. The maximum absolute atomic E-state index is 13.8. The molecule has 236 valence electrons. The Balaban J connectivity index is 1.64. The Morgan fingerprint density at radius 1 is 1.00 bits per heavy atom. The van der Waals surface area contributed by atoms with Gasteiger partial charge in [-0.15, -0.1) is 0 Å². The molecule has 44 heavy (non-hydrogen) atoms. The van der Waals surface area contributed by atoms with Crippen LogP contribution in [-0.4, -0.2) is 36.4 Å². The first-order chi connectivity index (χ1) is 20.3. The van der Waals surface area contributed by atoms with Crippen LogP contribution >= 0.6 is 15.9 Å². The lowest BCUT2D eigenvalue weighted by Gasteiger charge is -2.36. The largest absolute Gasteiger partial charge is 0.365 e. The van der Waals surface area contributed by atoms with E-state index in [0.29, 0.717) is 17.3 Å². The van der Waals surface area contributed by atoms with Gasteiger partial charge in [0.1, 0.15) is 5.82 Å². The maximum Gasteiger partial charge on any atom is 0.281 e. The molecule has 2 atom stereocenters. The zero-order valence-electron chi connectivity index (χ0n) is 27.0. The third-order valence-corrected chi connectivity index (χ3v) is 10.7. The molecule has 0 spiro atoms. The Morgan fingerprint density at radius 2 is 1.73 bits per heavy atom. The van der Waals surface area contributed by atoms with E-state index in [0.717, 1.165) is 47.2 Å². The van der Waals surface area contributed by atoms with E-state index >= 15 is 0 Å². The van der Waals surface area contributed by atoms with Gasteiger partial charge in [-0.25, -0.2) is 9.71 Å². The second kappa shape index (κ2) is 11.4. The predicted octanol–water partition coefficient (Wildman–Crippen LogP) is 7.50. The summed E-state index contributed by atoms with van der Waals surface area (Å²) in [6, 6.07) is 12.6. The van der Waals surface area contributed by atoms with Gasteiger partial charge >= 0.3 is 0 Å². The zero-order valence-corrected chi connectivity index (χ0v) is 29.4. The van der Waals surface area contributed by atoms with Crippen LogP contribution in [0.2, 0.25) is 0 Å². The second-order valence-electron chi connectivity index (χ2n) is 14.9. The van der Waals surface area contributed by atoms with E-state index in [9.17, 15) is 13.2 Å². The van der Waals surface area contributed by atoms with E-state index in [2.05, 4.69) is 103 Å². The van der Waals surface area contributed by atoms with Gasteiger partial charge in [0.15, 0.2) is 5.03 Å². The van der Waals surface area contributed by atoms with Crippen molar-refractivity contribution >= 4 is 43.4 Å². The number of carbonyl (C=O) groups is 1. The number of hydrogen-bond donors (Lipinski definition) is 2. The standard InChI is InChI=1S/C34H44BrN5O3S/c1-32(2,3)22-14-15-36-27(16-22)26-13-12-21-19-34(7,8)40(20-21)28-18-24(33(4,5)6)25(35)17-23(28)31(41)39-44(42,43)30-11-9-10-29(37-26)38-30/h9-11,14-18,21,26H,12-13,19-20H2,1-8H3,(H,37,38)(H,39,41)/t21-,26?/m0/s1. The van der Waals surface area contributed by atoms with Crippen molar-refractivity contribution in [1.29, 1.82) is 0 Å². The SMILES string of the molecule is CC(C)(C)c1ccnc(C2CC[C@@H]3CN(c4cc(C(C)(C)C)c(Br)cc4C(=O)NS(=O)(=O)c4cccc(n4)N2)C(C)(C)C3)c1. The van der Waals surface area contributed by atoms with Crippen LogP contribution in [0.25, 0.3) is 0 Å². The van der Waals surface area contributed by atoms with E-state index < -0.39 is 15.9 Å². The molecule has 2 aliphatic heterocycles. The van der Waals surface area contributed by atoms with Gasteiger partial charge in [0, 0.05) is 22.8 Å². The van der Waals surface area contributed by atoms with E-state index in [1.165, 1.54) is 11.6 Å². The number of aromatic nitrogens is 2. The molecule has 1 fully saturated rings. The number of carbonyl (C=O) groups excluding carboxylic acids is 1. The van der Waals surface area contributed by atoms with Gasteiger partial charge in [-0.05, 0) is 97.4 Å². The number of hydrogen-bond acceptors (Lipinski definition) is 7. The van der Waals surface area contributed by atoms with E-state index in [1.807, 2.05) is 12.3 Å². The summed E-state index contributed by atoms with van der Waals surface area (Å²) in [6.45, 7) is 18.1. The fraction of sp³-hybridized carbons (Fsp3) is 0.500. The number of halogens is 1. The first-order valence-electron chi connectivity index (χ1n) is 15.2. The molecular formula is C34H44BrN5O3S. The lowest BCUT2D eigenvalue weighted by molar-refractivity contribution is 0.0981. The smallest absolute Gasteiger partial charge is 0.281 e. The van der Waals surface area contributed by atoms with Crippen LogP contribution in [0.15, 0.2) is 58.2 Å². The van der Waals surface area contributed by atoms with Crippen molar-refractivity contribution in [2.75, 3.05) is 16.8 Å². The van der Waals surface area contributed by atoms with Gasteiger partial charge in [-0.1, -0.05) is 63.5 Å². The molecule has 8 nitrogen and oxygen atoms in total. The van der Waals surface area contributed by atoms with Crippen LogP contribution in [0.3, 0.4) is 0 Å². The normalized spacial score (nSPS) is 21.8. The number of nitrogens with one attached hydrogen (secondary N) is 2. The Kier molecular flexibility index (Phi) is 8.42. The number of sulfonamides is 1. The van der Waals surface area contributed by atoms with Gasteiger partial charge in [0.05, 0.1) is 23.0 Å². The molecular weight excluding hydrogens is 638 g/mol. The summed E-state index contributed by atoms with van der Waals surface area (Å²) in [6.07, 6.45) is 4.48. The number of fused-ring (bicyclic) bond motifs is 6. The summed E-state index contributed by atoms with van der Waals surface area (Å²) in [5.74, 6) is 0.0805. The summed E-state index contributed by atoms with van der Waals surface area (Å²) in [5, 5.41) is 3.26. The fourth-order valence-electron chi connectivity index (χ4n) is 6.40.